The molecule has 0 aliphatic rings. The molecule has 0 unspecified atom stereocenters. The van der Waals surface area contributed by atoms with Crippen molar-refractivity contribution in [3.8, 4) is 0 Å². The predicted molar refractivity (Wildman–Crippen MR) is 84.7 cm³/mol. The first-order valence-corrected chi connectivity index (χ1v) is 7.38. The third-order valence-electron chi connectivity index (χ3n) is 3.86. The summed E-state index contributed by atoms with van der Waals surface area (Å²) in [6, 6.07) is 8.05. The zero-order valence-corrected chi connectivity index (χ0v) is 12.8. The Hall–Kier alpha value is -2.56. The number of carbonyl (C=O) groups excluding carboxylic acids is 1. The molecule has 1 amide bonds. The molecule has 0 fully saturated rings. The molecule has 0 aliphatic heterocycles. The van der Waals surface area contributed by atoms with Crippen LogP contribution in [0.2, 0.25) is 0 Å². The van der Waals surface area contributed by atoms with Gasteiger partial charge in [0.2, 0.25) is 5.91 Å². The van der Waals surface area contributed by atoms with Crippen molar-refractivity contribution in [2.45, 2.75) is 26.7 Å². The highest BCUT2D eigenvalue weighted by atomic mass is 16.5. The number of nitrogens with zero attached hydrogens (tertiary/aromatic N) is 1. The lowest BCUT2D eigenvalue weighted by Crippen LogP contribution is -2.27. The van der Waals surface area contributed by atoms with E-state index in [4.69, 9.17) is 4.52 Å². The van der Waals surface area contributed by atoms with Crippen LogP contribution in [0, 0.1) is 13.8 Å². The van der Waals surface area contributed by atoms with E-state index in [1.165, 1.54) is 0 Å². The first-order chi connectivity index (χ1) is 10.6. The summed E-state index contributed by atoms with van der Waals surface area (Å²) in [6.45, 7) is 4.40. The van der Waals surface area contributed by atoms with Gasteiger partial charge in [0.25, 0.3) is 0 Å². The molecule has 2 aromatic heterocycles. The second kappa shape index (κ2) is 6.05. The summed E-state index contributed by atoms with van der Waals surface area (Å²) < 4.78 is 5.12. The van der Waals surface area contributed by atoms with Crippen molar-refractivity contribution >= 4 is 16.8 Å². The standard InChI is InChI=1S/C17H19N3O2/c1-11-15(12(2)22-20-11)6-8-19-17(21)10-13-3-4-14-5-7-18-16(14)9-13/h3-5,7,9,18H,6,8,10H2,1-2H3,(H,19,21). The van der Waals surface area contributed by atoms with Crippen LogP contribution in [0.3, 0.4) is 0 Å². The first kappa shape index (κ1) is 14.4. The predicted octanol–water partition coefficient (Wildman–Crippen LogP) is 2.67. The Bertz CT molecular complexity index is 782. The molecule has 5 heteroatoms. The first-order valence-electron chi connectivity index (χ1n) is 7.38. The van der Waals surface area contributed by atoms with Crippen LogP contribution in [0.25, 0.3) is 10.9 Å². The van der Waals surface area contributed by atoms with Gasteiger partial charge in [0.15, 0.2) is 0 Å². The second-order valence-electron chi connectivity index (χ2n) is 5.48. The van der Waals surface area contributed by atoms with E-state index >= 15 is 0 Å². The monoisotopic (exact) mass is 297 g/mol. The number of benzene rings is 1. The molecule has 3 aromatic rings. The molecular weight excluding hydrogens is 278 g/mol. The number of hydrogen-bond acceptors (Lipinski definition) is 3. The van der Waals surface area contributed by atoms with E-state index in [0.29, 0.717) is 13.0 Å². The number of amides is 1. The maximum absolute atomic E-state index is 12.0. The van der Waals surface area contributed by atoms with Crippen LogP contribution in [0.1, 0.15) is 22.6 Å². The number of rotatable bonds is 5. The molecule has 0 saturated carbocycles. The third-order valence-corrected chi connectivity index (χ3v) is 3.86. The van der Waals surface area contributed by atoms with E-state index in [-0.39, 0.29) is 5.91 Å². The Morgan fingerprint density at radius 2 is 2.18 bits per heavy atom. The summed E-state index contributed by atoms with van der Waals surface area (Å²) in [5, 5.41) is 8.02. The van der Waals surface area contributed by atoms with Crippen molar-refractivity contribution < 1.29 is 9.32 Å². The molecule has 0 spiro atoms. The average Bonchev–Trinajstić information content (AvgIpc) is 3.07. The van der Waals surface area contributed by atoms with Crippen LogP contribution >= 0.6 is 0 Å². The van der Waals surface area contributed by atoms with Gasteiger partial charge < -0.3 is 14.8 Å². The lowest BCUT2D eigenvalue weighted by atomic mass is 10.1. The summed E-state index contributed by atoms with van der Waals surface area (Å²) in [5.41, 5.74) is 4.03. The van der Waals surface area contributed by atoms with E-state index in [9.17, 15) is 4.79 Å². The normalized spacial score (nSPS) is 11.0. The molecule has 5 nitrogen and oxygen atoms in total. The van der Waals surface area contributed by atoms with E-state index < -0.39 is 0 Å². The fourth-order valence-electron chi connectivity index (χ4n) is 2.64. The zero-order chi connectivity index (χ0) is 15.5. The van der Waals surface area contributed by atoms with Crippen LogP contribution in [-0.4, -0.2) is 22.6 Å². The molecule has 2 heterocycles. The Labute approximate surface area is 128 Å². The van der Waals surface area contributed by atoms with Gasteiger partial charge in [-0.25, -0.2) is 0 Å². The van der Waals surface area contributed by atoms with Gasteiger partial charge in [0.1, 0.15) is 5.76 Å². The molecule has 0 radical (unpaired) electrons. The van der Waals surface area contributed by atoms with Crippen molar-refractivity contribution in [3.05, 3.63) is 53.0 Å². The van der Waals surface area contributed by atoms with E-state index in [1.807, 2.05) is 44.3 Å². The van der Waals surface area contributed by atoms with E-state index in [2.05, 4.69) is 15.5 Å². The lowest BCUT2D eigenvalue weighted by Gasteiger charge is -2.05. The molecule has 3 rings (SSSR count). The lowest BCUT2D eigenvalue weighted by molar-refractivity contribution is -0.120. The number of nitrogens with one attached hydrogen (secondary N) is 2. The topological polar surface area (TPSA) is 70.9 Å². The fourth-order valence-corrected chi connectivity index (χ4v) is 2.64. The van der Waals surface area contributed by atoms with Crippen LogP contribution in [0.15, 0.2) is 35.0 Å². The number of aromatic nitrogens is 2. The van der Waals surface area contributed by atoms with E-state index in [0.717, 1.165) is 39.9 Å². The van der Waals surface area contributed by atoms with Crippen LogP contribution in [-0.2, 0) is 17.6 Å². The van der Waals surface area contributed by atoms with Gasteiger partial charge in [-0.05, 0) is 43.4 Å². The van der Waals surface area contributed by atoms with Gasteiger partial charge in [-0.3, -0.25) is 4.79 Å². The molecule has 0 atom stereocenters. The van der Waals surface area contributed by atoms with Gasteiger partial charge in [-0.1, -0.05) is 17.3 Å². The summed E-state index contributed by atoms with van der Waals surface area (Å²) in [6.07, 6.45) is 3.03. The summed E-state index contributed by atoms with van der Waals surface area (Å²) in [5.74, 6) is 0.849. The number of H-pyrrole nitrogens is 1. The van der Waals surface area contributed by atoms with Crippen molar-refractivity contribution in [2.24, 2.45) is 0 Å². The van der Waals surface area contributed by atoms with E-state index in [1.54, 1.807) is 0 Å². The minimum absolute atomic E-state index is 0.0256. The maximum atomic E-state index is 12.0. The van der Waals surface area contributed by atoms with Crippen LogP contribution in [0.4, 0.5) is 0 Å². The molecular formula is C17H19N3O2. The Morgan fingerprint density at radius 3 is 2.95 bits per heavy atom. The zero-order valence-electron chi connectivity index (χ0n) is 12.8. The van der Waals surface area contributed by atoms with Crippen LogP contribution < -0.4 is 5.32 Å². The smallest absolute Gasteiger partial charge is 0.224 e. The minimum atomic E-state index is 0.0256. The largest absolute Gasteiger partial charge is 0.361 e. The van der Waals surface area contributed by atoms with Gasteiger partial charge >= 0.3 is 0 Å². The third kappa shape index (κ3) is 3.03. The van der Waals surface area contributed by atoms with Gasteiger partial charge in [-0.15, -0.1) is 0 Å². The molecule has 0 bridgehead atoms. The highest BCUT2D eigenvalue weighted by Gasteiger charge is 2.09. The molecule has 0 aliphatic carbocycles. The van der Waals surface area contributed by atoms with Gasteiger partial charge in [0.05, 0.1) is 12.1 Å². The van der Waals surface area contributed by atoms with Crippen molar-refractivity contribution in [1.29, 1.82) is 0 Å². The number of carbonyl (C=O) groups is 1. The SMILES string of the molecule is Cc1noc(C)c1CCNC(=O)Cc1ccc2cc[nH]c2c1. The van der Waals surface area contributed by atoms with Crippen LogP contribution in [0.5, 0.6) is 0 Å². The number of aromatic amines is 1. The summed E-state index contributed by atoms with van der Waals surface area (Å²) >= 11 is 0. The number of hydrogen-bond donors (Lipinski definition) is 2. The summed E-state index contributed by atoms with van der Waals surface area (Å²) in [7, 11) is 0. The molecule has 2 N–H and O–H groups in total. The van der Waals surface area contributed by atoms with Crippen molar-refractivity contribution in [1.82, 2.24) is 15.5 Å². The maximum Gasteiger partial charge on any atom is 0.224 e. The van der Waals surface area contributed by atoms with Gasteiger partial charge in [-0.2, -0.15) is 0 Å². The Kier molecular flexibility index (Phi) is 3.96. The Balaban J connectivity index is 1.54. The average molecular weight is 297 g/mol. The fraction of sp³-hybridized carbons (Fsp3) is 0.294. The van der Waals surface area contributed by atoms with Crippen molar-refractivity contribution in [3.63, 3.8) is 0 Å². The minimum Gasteiger partial charge on any atom is -0.361 e. The Morgan fingerprint density at radius 1 is 1.32 bits per heavy atom. The summed E-state index contributed by atoms with van der Waals surface area (Å²) in [4.78, 5) is 15.2. The van der Waals surface area contributed by atoms with Gasteiger partial charge in [0, 0.05) is 23.8 Å². The highest BCUT2D eigenvalue weighted by Crippen LogP contribution is 2.15. The van der Waals surface area contributed by atoms with Crippen molar-refractivity contribution in [2.75, 3.05) is 6.54 Å². The number of aryl methyl sites for hydroxylation is 2. The quantitative estimate of drug-likeness (QED) is 0.760. The number of fused-ring (bicyclic) bond motifs is 1. The molecule has 114 valence electrons. The molecule has 22 heavy (non-hydrogen) atoms. The molecule has 0 saturated heterocycles. The molecule has 1 aromatic carbocycles. The second-order valence-corrected chi connectivity index (χ2v) is 5.48. The highest BCUT2D eigenvalue weighted by molar-refractivity contribution is 5.83.